The summed E-state index contributed by atoms with van der Waals surface area (Å²) in [6, 6.07) is 9.28. The summed E-state index contributed by atoms with van der Waals surface area (Å²) in [6.45, 7) is 12.2. The van der Waals surface area contributed by atoms with E-state index in [1.165, 1.54) is 19.4 Å². The second-order valence-electron chi connectivity index (χ2n) is 9.27. The smallest absolute Gasteiger partial charge is 0.147 e. The van der Waals surface area contributed by atoms with Crippen molar-refractivity contribution in [2.24, 2.45) is 5.92 Å². The Morgan fingerprint density at radius 1 is 0.962 bits per heavy atom. The van der Waals surface area contributed by atoms with Gasteiger partial charge in [0, 0.05) is 0 Å². The van der Waals surface area contributed by atoms with Crippen LogP contribution in [0.3, 0.4) is 0 Å². The maximum absolute atomic E-state index is 2.90. The number of fused-ring (bicyclic) bond motifs is 1. The second kappa shape index (κ2) is 7.18. The van der Waals surface area contributed by atoms with E-state index in [9.17, 15) is 0 Å². The molecule has 1 heterocycles. The van der Waals surface area contributed by atoms with Gasteiger partial charge in [0.15, 0.2) is 0 Å². The van der Waals surface area contributed by atoms with Gasteiger partial charge in [-0.05, 0) is 0 Å². The van der Waals surface area contributed by atoms with E-state index >= 15 is 0 Å². The Balaban J connectivity index is 0.00000121. The SMILES string of the molecule is CC1=Cc2ccccc2[CH]1[Zr]1([SiH3])([C]2=C(C)C(C)=C(C)C2C)[CH2]C[CH2]1.Cl.Cl. The molecule has 0 amide bonds. The molecule has 0 aromatic heterocycles. The minimum absolute atomic E-state index is 0. The first-order chi connectivity index (χ1) is 11.3. The van der Waals surface area contributed by atoms with E-state index in [0.717, 1.165) is 3.63 Å². The average Bonchev–Trinajstić information content (AvgIpc) is 2.96. The zero-order chi connectivity index (χ0) is 17.3. The molecule has 26 heavy (non-hydrogen) atoms. The van der Waals surface area contributed by atoms with E-state index in [0.29, 0.717) is 5.92 Å². The fourth-order valence-corrected chi connectivity index (χ4v) is 41.6. The molecular weight excluding hydrogens is 454 g/mol. The Kier molecular flexibility index (Phi) is 6.19. The van der Waals surface area contributed by atoms with Crippen molar-refractivity contribution in [3.8, 4) is 0 Å². The van der Waals surface area contributed by atoms with Gasteiger partial charge < -0.3 is 0 Å². The second-order valence-corrected chi connectivity index (χ2v) is 41.0. The van der Waals surface area contributed by atoms with Crippen LogP contribution in [0.2, 0.25) is 8.26 Å². The van der Waals surface area contributed by atoms with Gasteiger partial charge in [-0.15, -0.1) is 24.8 Å². The predicted molar refractivity (Wildman–Crippen MR) is 122 cm³/mol. The zero-order valence-electron chi connectivity index (χ0n) is 17.0. The van der Waals surface area contributed by atoms with Gasteiger partial charge in [-0.1, -0.05) is 0 Å². The Morgan fingerprint density at radius 2 is 1.58 bits per heavy atom. The maximum Gasteiger partial charge on any atom is -0.147 e. The van der Waals surface area contributed by atoms with Crippen LogP contribution in [0.1, 0.15) is 55.8 Å². The first-order valence-electron chi connectivity index (χ1n) is 9.63. The van der Waals surface area contributed by atoms with Crippen molar-refractivity contribution in [3.63, 3.8) is 0 Å². The quantitative estimate of drug-likeness (QED) is 0.420. The van der Waals surface area contributed by atoms with Crippen LogP contribution in [0.5, 0.6) is 0 Å². The monoisotopic (exact) mass is 485 g/mol. The molecule has 1 fully saturated rings. The molecule has 2 unspecified atom stereocenters. The molecule has 0 spiro atoms. The van der Waals surface area contributed by atoms with Gasteiger partial charge in [0.2, 0.25) is 0 Å². The molecule has 0 nitrogen and oxygen atoms in total. The van der Waals surface area contributed by atoms with Crippen LogP contribution >= 0.6 is 24.8 Å². The van der Waals surface area contributed by atoms with E-state index in [-0.39, 0.29) is 24.8 Å². The predicted octanol–water partition coefficient (Wildman–Crippen LogP) is 6.46. The standard InChI is InChI=1S/C10H9.C9H13.C3H6.2ClH.H3Si.Zr/c1-8-6-9-4-2-3-5-10(9)7-8;1-6-5-7(2)9(4)8(6)3;1-3-2;;;;/h2-7H,1H3;6H,1-4H3;1-3H2;2*1H;1H3;. The van der Waals surface area contributed by atoms with Crippen LogP contribution in [0, 0.1) is 5.92 Å². The molecule has 0 bridgehead atoms. The van der Waals surface area contributed by atoms with Crippen molar-refractivity contribution in [1.29, 1.82) is 0 Å². The van der Waals surface area contributed by atoms with E-state index < -0.39 is 17.9 Å². The molecule has 0 radical (unpaired) electrons. The van der Waals surface area contributed by atoms with E-state index in [2.05, 4.69) is 65.0 Å². The molecule has 0 N–H and O–H groups in total. The minimum atomic E-state index is -2.90. The average molecular weight is 488 g/mol. The number of halogens is 2. The van der Waals surface area contributed by atoms with Gasteiger partial charge >= 0.3 is 151 Å². The van der Waals surface area contributed by atoms with Crippen molar-refractivity contribution in [2.75, 3.05) is 0 Å². The number of allylic oxidation sites excluding steroid dienone is 5. The van der Waals surface area contributed by atoms with Gasteiger partial charge in [0.25, 0.3) is 0 Å². The van der Waals surface area contributed by atoms with Crippen molar-refractivity contribution >= 4 is 38.3 Å². The molecule has 2 aliphatic carbocycles. The maximum atomic E-state index is 2.52. The van der Waals surface area contributed by atoms with Gasteiger partial charge in [-0.2, -0.15) is 0 Å². The third kappa shape index (κ3) is 2.70. The van der Waals surface area contributed by atoms with Gasteiger partial charge in [0.1, 0.15) is 0 Å². The molecule has 1 aliphatic heterocycles. The van der Waals surface area contributed by atoms with Gasteiger partial charge in [0.05, 0.1) is 0 Å². The Bertz CT molecular complexity index is 845. The van der Waals surface area contributed by atoms with Crippen molar-refractivity contribution < 1.29 is 17.9 Å². The first-order valence-corrected chi connectivity index (χ1v) is 24.1. The number of rotatable bonds is 2. The van der Waals surface area contributed by atoms with Gasteiger partial charge in [-0.25, -0.2) is 0 Å². The van der Waals surface area contributed by atoms with E-state index in [1.807, 2.05) is 3.28 Å². The fourth-order valence-electron chi connectivity index (χ4n) is 6.79. The van der Waals surface area contributed by atoms with Crippen LogP contribution in [0.25, 0.3) is 6.08 Å². The number of benzene rings is 1. The normalized spacial score (nSPS) is 29.7. The summed E-state index contributed by atoms with van der Waals surface area (Å²) in [5, 5.41) is 0. The van der Waals surface area contributed by atoms with E-state index in [4.69, 9.17) is 0 Å². The topological polar surface area (TPSA) is 0 Å². The fraction of sp³-hybridized carbons (Fsp3) is 0.455. The molecule has 4 rings (SSSR count). The van der Waals surface area contributed by atoms with E-state index in [1.54, 1.807) is 36.1 Å². The van der Waals surface area contributed by atoms with Crippen LogP contribution in [0.15, 0.2) is 49.8 Å². The molecule has 0 saturated carbocycles. The Hall–Kier alpha value is 0.120. The third-order valence-electron chi connectivity index (χ3n) is 8.18. The largest absolute Gasteiger partial charge is 0.147 e. The molecule has 2 atom stereocenters. The summed E-state index contributed by atoms with van der Waals surface area (Å²) in [7, 11) is 1.45. The molecular formula is C22H33Cl2SiZr. The molecule has 3 aliphatic rings. The van der Waals surface area contributed by atoms with Crippen LogP contribution in [0.4, 0.5) is 0 Å². The first kappa shape index (κ1) is 22.4. The molecule has 1 aromatic rings. The number of hydrogen-bond donors (Lipinski definition) is 0. The van der Waals surface area contributed by atoms with Crippen molar-refractivity contribution in [1.82, 2.24) is 0 Å². The molecule has 1 aromatic carbocycles. The van der Waals surface area contributed by atoms with Crippen molar-refractivity contribution in [3.05, 3.63) is 61.0 Å². The Morgan fingerprint density at radius 3 is 2.08 bits per heavy atom. The van der Waals surface area contributed by atoms with Crippen LogP contribution in [-0.4, -0.2) is 7.37 Å². The summed E-state index contributed by atoms with van der Waals surface area (Å²) in [5.74, 6) is 0.717. The molecule has 143 valence electrons. The Labute approximate surface area is 174 Å². The molecule has 4 heteroatoms. The summed E-state index contributed by atoms with van der Waals surface area (Å²) < 4.78 is 6.01. The third-order valence-corrected chi connectivity index (χ3v) is 41.2. The van der Waals surface area contributed by atoms with Crippen molar-refractivity contribution in [2.45, 2.75) is 52.9 Å². The van der Waals surface area contributed by atoms with Crippen LogP contribution in [-0.2, 0) is 17.9 Å². The summed E-state index contributed by atoms with van der Waals surface area (Å²) in [5.41, 5.74) is 9.87. The van der Waals surface area contributed by atoms with Gasteiger partial charge in [-0.3, -0.25) is 0 Å². The molecule has 1 saturated heterocycles. The summed E-state index contributed by atoms with van der Waals surface area (Å²) in [4.78, 5) is 0. The minimum Gasteiger partial charge on any atom is -0.147 e. The zero-order valence-corrected chi connectivity index (χ0v) is 23.1. The summed E-state index contributed by atoms with van der Waals surface area (Å²) in [6.07, 6.45) is 4.00. The summed E-state index contributed by atoms with van der Waals surface area (Å²) >= 11 is -2.90. The number of hydrogen-bond acceptors (Lipinski definition) is 0. The van der Waals surface area contributed by atoms with Crippen LogP contribution < -0.4 is 0 Å².